The number of morpholine rings is 1. The van der Waals surface area contributed by atoms with Gasteiger partial charge in [-0.1, -0.05) is 23.7 Å². The second-order valence-corrected chi connectivity index (χ2v) is 8.54. The predicted molar refractivity (Wildman–Crippen MR) is 132 cm³/mol. The van der Waals surface area contributed by atoms with Gasteiger partial charge in [-0.25, -0.2) is 9.97 Å². The highest BCUT2D eigenvalue weighted by Crippen LogP contribution is 2.31. The van der Waals surface area contributed by atoms with Gasteiger partial charge < -0.3 is 15.4 Å². The van der Waals surface area contributed by atoms with E-state index in [0.717, 1.165) is 28.9 Å². The van der Waals surface area contributed by atoms with E-state index < -0.39 is 0 Å². The van der Waals surface area contributed by atoms with E-state index in [1.54, 1.807) is 36.3 Å². The Hall–Kier alpha value is -3.40. The molecule has 0 spiro atoms. The van der Waals surface area contributed by atoms with E-state index in [2.05, 4.69) is 30.6 Å². The van der Waals surface area contributed by atoms with E-state index >= 15 is 0 Å². The summed E-state index contributed by atoms with van der Waals surface area (Å²) in [5.41, 5.74) is 3.83. The van der Waals surface area contributed by atoms with Gasteiger partial charge in [-0.15, -0.1) is 0 Å². The predicted octanol–water partition coefficient (Wildman–Crippen LogP) is 2.91. The maximum absolute atomic E-state index is 13.7. The standard InChI is InChI=1S/C24H24ClN7O2/c1-14-9-28-12-21(30-14)15-3-4-18(20(25)8-15)19-7-16-10-29-24(26-2)31-22(16)32(23(19)33)13-17-11-27-5-6-34-17/h3-4,7-10,12,17,27H,5-6,11,13H2,1-2H3,(H,26,29,31). The van der Waals surface area contributed by atoms with Crippen molar-refractivity contribution in [3.8, 4) is 22.4 Å². The largest absolute Gasteiger partial charge is 0.374 e. The zero-order chi connectivity index (χ0) is 23.7. The van der Waals surface area contributed by atoms with E-state index in [0.29, 0.717) is 47.4 Å². The van der Waals surface area contributed by atoms with E-state index in [1.807, 2.05) is 25.1 Å². The summed E-state index contributed by atoms with van der Waals surface area (Å²) in [6.45, 7) is 4.31. The van der Waals surface area contributed by atoms with Gasteiger partial charge in [0.25, 0.3) is 5.56 Å². The molecule has 10 heteroatoms. The third-order valence-corrected chi connectivity index (χ3v) is 6.06. The Morgan fingerprint density at radius 3 is 2.82 bits per heavy atom. The molecule has 2 N–H and O–H groups in total. The summed E-state index contributed by atoms with van der Waals surface area (Å²) in [6.07, 6.45) is 4.95. The minimum Gasteiger partial charge on any atom is -0.374 e. The Bertz CT molecular complexity index is 1420. The van der Waals surface area contributed by atoms with Crippen LogP contribution in [-0.2, 0) is 11.3 Å². The number of halogens is 1. The lowest BCUT2D eigenvalue weighted by atomic mass is 10.0. The van der Waals surface area contributed by atoms with Crippen molar-refractivity contribution in [2.75, 3.05) is 32.1 Å². The fourth-order valence-electron chi connectivity index (χ4n) is 4.08. The molecule has 0 bridgehead atoms. The van der Waals surface area contributed by atoms with E-state index in [-0.39, 0.29) is 11.7 Å². The summed E-state index contributed by atoms with van der Waals surface area (Å²) in [7, 11) is 1.74. The second-order valence-electron chi connectivity index (χ2n) is 8.13. The molecule has 1 unspecified atom stereocenters. The molecule has 1 saturated heterocycles. The van der Waals surface area contributed by atoms with Gasteiger partial charge in [0.1, 0.15) is 5.65 Å². The summed E-state index contributed by atoms with van der Waals surface area (Å²) in [6, 6.07) is 7.34. The van der Waals surface area contributed by atoms with Crippen LogP contribution in [0.2, 0.25) is 5.02 Å². The monoisotopic (exact) mass is 477 g/mol. The van der Waals surface area contributed by atoms with Gasteiger partial charge in [0.15, 0.2) is 0 Å². The van der Waals surface area contributed by atoms with Gasteiger partial charge >= 0.3 is 0 Å². The number of nitrogens with zero attached hydrogens (tertiary/aromatic N) is 5. The number of rotatable bonds is 5. The van der Waals surface area contributed by atoms with Crippen molar-refractivity contribution in [1.82, 2.24) is 29.8 Å². The first-order chi connectivity index (χ1) is 16.5. The molecule has 174 valence electrons. The van der Waals surface area contributed by atoms with Crippen LogP contribution in [0.25, 0.3) is 33.4 Å². The van der Waals surface area contributed by atoms with Gasteiger partial charge in [-0.2, -0.15) is 4.98 Å². The van der Waals surface area contributed by atoms with E-state index in [4.69, 9.17) is 16.3 Å². The molecule has 0 radical (unpaired) electrons. The number of benzene rings is 1. The molecule has 5 rings (SSSR count). The van der Waals surface area contributed by atoms with Crippen LogP contribution in [0.5, 0.6) is 0 Å². The number of hydrogen-bond acceptors (Lipinski definition) is 8. The van der Waals surface area contributed by atoms with Gasteiger partial charge in [0.05, 0.1) is 36.8 Å². The molecular formula is C24H24ClN7O2. The summed E-state index contributed by atoms with van der Waals surface area (Å²) < 4.78 is 7.52. The van der Waals surface area contributed by atoms with E-state index in [9.17, 15) is 4.79 Å². The van der Waals surface area contributed by atoms with Crippen molar-refractivity contribution in [2.24, 2.45) is 0 Å². The molecule has 0 aliphatic carbocycles. The smallest absolute Gasteiger partial charge is 0.260 e. The normalized spacial score (nSPS) is 16.0. The van der Waals surface area contributed by atoms with Crippen molar-refractivity contribution in [3.63, 3.8) is 0 Å². The van der Waals surface area contributed by atoms with Crippen LogP contribution in [0.15, 0.2) is 47.7 Å². The Labute approximate surface area is 201 Å². The number of pyridine rings is 1. The first kappa shape index (κ1) is 22.4. The van der Waals surface area contributed by atoms with Crippen LogP contribution in [-0.4, -0.2) is 57.4 Å². The Kier molecular flexibility index (Phi) is 6.23. The highest BCUT2D eigenvalue weighted by Gasteiger charge is 2.20. The fraction of sp³-hybridized carbons (Fsp3) is 0.292. The summed E-state index contributed by atoms with van der Waals surface area (Å²) in [5.74, 6) is 0.442. The van der Waals surface area contributed by atoms with Crippen LogP contribution >= 0.6 is 11.6 Å². The lowest BCUT2D eigenvalue weighted by Crippen LogP contribution is -2.42. The van der Waals surface area contributed by atoms with Crippen molar-refractivity contribution in [3.05, 3.63) is 63.9 Å². The average Bonchev–Trinajstić information content (AvgIpc) is 2.86. The van der Waals surface area contributed by atoms with Crippen LogP contribution in [0.3, 0.4) is 0 Å². The highest BCUT2D eigenvalue weighted by molar-refractivity contribution is 6.33. The second kappa shape index (κ2) is 9.46. The van der Waals surface area contributed by atoms with Gasteiger partial charge in [-0.3, -0.25) is 14.3 Å². The topological polar surface area (TPSA) is 107 Å². The number of aryl methyl sites for hydroxylation is 1. The number of anilines is 1. The SMILES string of the molecule is CNc1ncc2cc(-c3ccc(-c4cncc(C)n4)cc3Cl)c(=O)n(CC3CNCCO3)c2n1. The molecule has 4 aromatic rings. The molecule has 1 fully saturated rings. The van der Waals surface area contributed by atoms with Crippen molar-refractivity contribution >= 4 is 28.6 Å². The minimum absolute atomic E-state index is 0.143. The third-order valence-electron chi connectivity index (χ3n) is 5.75. The Morgan fingerprint density at radius 2 is 2.09 bits per heavy atom. The summed E-state index contributed by atoms with van der Waals surface area (Å²) >= 11 is 6.70. The van der Waals surface area contributed by atoms with E-state index in [1.165, 1.54) is 0 Å². The fourth-order valence-corrected chi connectivity index (χ4v) is 4.36. The zero-order valence-electron chi connectivity index (χ0n) is 18.9. The summed E-state index contributed by atoms with van der Waals surface area (Å²) in [4.78, 5) is 31.3. The molecule has 1 aliphatic heterocycles. The Morgan fingerprint density at radius 1 is 1.21 bits per heavy atom. The first-order valence-corrected chi connectivity index (χ1v) is 11.4. The minimum atomic E-state index is -0.188. The number of hydrogen-bond donors (Lipinski definition) is 2. The molecule has 1 atom stereocenters. The van der Waals surface area contributed by atoms with Gasteiger partial charge in [-0.05, 0) is 19.1 Å². The maximum atomic E-state index is 13.7. The molecule has 1 aromatic carbocycles. The van der Waals surface area contributed by atoms with Gasteiger partial charge in [0, 0.05) is 59.6 Å². The molecule has 1 aliphatic rings. The number of ether oxygens (including phenoxy) is 1. The molecule has 9 nitrogen and oxygen atoms in total. The number of nitrogens with one attached hydrogen (secondary N) is 2. The average molecular weight is 478 g/mol. The van der Waals surface area contributed by atoms with Crippen LogP contribution in [0.1, 0.15) is 5.69 Å². The quantitative estimate of drug-likeness (QED) is 0.452. The number of aromatic nitrogens is 5. The van der Waals surface area contributed by atoms with Crippen LogP contribution in [0, 0.1) is 6.92 Å². The molecule has 34 heavy (non-hydrogen) atoms. The van der Waals surface area contributed by atoms with Crippen molar-refractivity contribution in [2.45, 2.75) is 19.6 Å². The zero-order valence-corrected chi connectivity index (χ0v) is 19.6. The summed E-state index contributed by atoms with van der Waals surface area (Å²) in [5, 5.41) is 7.43. The van der Waals surface area contributed by atoms with Crippen LogP contribution < -0.4 is 16.2 Å². The molecular weight excluding hydrogens is 454 g/mol. The molecule has 0 amide bonds. The first-order valence-electron chi connectivity index (χ1n) is 11.0. The van der Waals surface area contributed by atoms with Gasteiger partial charge in [0.2, 0.25) is 5.95 Å². The van der Waals surface area contributed by atoms with Crippen molar-refractivity contribution in [1.29, 1.82) is 0 Å². The molecule has 3 aromatic heterocycles. The molecule has 0 saturated carbocycles. The van der Waals surface area contributed by atoms with Crippen molar-refractivity contribution < 1.29 is 4.74 Å². The third kappa shape index (κ3) is 4.37. The Balaban J connectivity index is 1.63. The number of fused-ring (bicyclic) bond motifs is 1. The highest BCUT2D eigenvalue weighted by atomic mass is 35.5. The molecule has 4 heterocycles. The maximum Gasteiger partial charge on any atom is 0.260 e. The lowest BCUT2D eigenvalue weighted by molar-refractivity contribution is 0.0183. The lowest BCUT2D eigenvalue weighted by Gasteiger charge is -2.25. The van der Waals surface area contributed by atoms with Crippen LogP contribution in [0.4, 0.5) is 5.95 Å².